The lowest BCUT2D eigenvalue weighted by Gasteiger charge is -2.12. The Balaban J connectivity index is 2.11. The molecular formula is C12H13BrN2O3S. The summed E-state index contributed by atoms with van der Waals surface area (Å²) in [5.41, 5.74) is 0.594. The van der Waals surface area contributed by atoms with Gasteiger partial charge in [-0.3, -0.25) is 4.79 Å². The second kappa shape index (κ2) is 5.83. The lowest BCUT2D eigenvalue weighted by molar-refractivity contribution is -0.118. The van der Waals surface area contributed by atoms with E-state index in [0.29, 0.717) is 18.6 Å². The quantitative estimate of drug-likeness (QED) is 0.854. The van der Waals surface area contributed by atoms with E-state index in [9.17, 15) is 13.2 Å². The zero-order valence-corrected chi connectivity index (χ0v) is 12.5. The largest absolute Gasteiger partial charge is 0.299 e. The molecule has 1 aromatic rings. The van der Waals surface area contributed by atoms with Crippen molar-refractivity contribution in [2.24, 2.45) is 5.10 Å². The lowest BCUT2D eigenvalue weighted by atomic mass is 9.97. The highest BCUT2D eigenvalue weighted by molar-refractivity contribution is 9.10. The molecule has 1 saturated carbocycles. The molecule has 0 saturated heterocycles. The third-order valence-electron chi connectivity index (χ3n) is 2.77. The monoisotopic (exact) mass is 344 g/mol. The van der Waals surface area contributed by atoms with Crippen molar-refractivity contribution in [3.8, 4) is 0 Å². The van der Waals surface area contributed by atoms with Crippen LogP contribution in [0.3, 0.4) is 0 Å². The van der Waals surface area contributed by atoms with Crippen molar-refractivity contribution in [2.75, 3.05) is 0 Å². The minimum absolute atomic E-state index is 0.104. The topological polar surface area (TPSA) is 75.6 Å². The van der Waals surface area contributed by atoms with Crippen LogP contribution in [0.25, 0.3) is 0 Å². The molecule has 0 unspecified atom stereocenters. The van der Waals surface area contributed by atoms with E-state index in [1.165, 1.54) is 12.1 Å². The lowest BCUT2D eigenvalue weighted by Crippen LogP contribution is -2.23. The number of rotatable bonds is 3. The van der Waals surface area contributed by atoms with Crippen molar-refractivity contribution in [3.63, 3.8) is 0 Å². The Morgan fingerprint density at radius 3 is 2.47 bits per heavy atom. The Hall–Kier alpha value is -1.21. The second-order valence-electron chi connectivity index (χ2n) is 4.30. The number of carbonyl (C=O) groups is 1. The average molecular weight is 345 g/mol. The number of hydrazone groups is 1. The van der Waals surface area contributed by atoms with Crippen LogP contribution in [0.1, 0.15) is 25.7 Å². The van der Waals surface area contributed by atoms with Gasteiger partial charge in [0.1, 0.15) is 5.78 Å². The highest BCUT2D eigenvalue weighted by atomic mass is 79.9. The summed E-state index contributed by atoms with van der Waals surface area (Å²) in [6, 6.07) is 6.26. The Labute approximate surface area is 120 Å². The van der Waals surface area contributed by atoms with Gasteiger partial charge in [-0.2, -0.15) is 13.5 Å². The number of Topliss-reactive ketones (excluding diaryl/α,β-unsaturated/α-hetero) is 1. The summed E-state index contributed by atoms with van der Waals surface area (Å²) in [4.78, 5) is 13.6. The molecule has 7 heteroatoms. The van der Waals surface area contributed by atoms with Crippen LogP contribution in [-0.2, 0) is 14.8 Å². The molecule has 0 bridgehead atoms. The summed E-state index contributed by atoms with van der Waals surface area (Å²) in [6.45, 7) is 0. The minimum atomic E-state index is -3.66. The van der Waals surface area contributed by atoms with Crippen molar-refractivity contribution in [1.82, 2.24) is 4.83 Å². The molecule has 102 valence electrons. The highest BCUT2D eigenvalue weighted by Crippen LogP contribution is 2.15. The third kappa shape index (κ3) is 3.87. The van der Waals surface area contributed by atoms with E-state index >= 15 is 0 Å². The van der Waals surface area contributed by atoms with Crippen LogP contribution >= 0.6 is 15.9 Å². The van der Waals surface area contributed by atoms with E-state index in [-0.39, 0.29) is 17.1 Å². The average Bonchev–Trinajstić information content (AvgIpc) is 2.37. The van der Waals surface area contributed by atoms with Crippen LogP contribution in [-0.4, -0.2) is 19.9 Å². The van der Waals surface area contributed by atoms with Gasteiger partial charge in [-0.05, 0) is 37.1 Å². The number of nitrogens with zero attached hydrogens (tertiary/aromatic N) is 1. The Morgan fingerprint density at radius 1 is 1.16 bits per heavy atom. The zero-order valence-electron chi connectivity index (χ0n) is 10.1. The standard InChI is InChI=1S/C12H13BrN2O3S/c13-9-4-6-12(7-5-9)19(17,18)15-14-10-2-1-3-11(16)8-10/h4-7,15H,1-3,8H2/b14-10+. The highest BCUT2D eigenvalue weighted by Gasteiger charge is 2.17. The van der Waals surface area contributed by atoms with Gasteiger partial charge in [-0.25, -0.2) is 4.83 Å². The smallest absolute Gasteiger partial charge is 0.276 e. The molecule has 2 rings (SSSR count). The molecule has 0 amide bonds. The summed E-state index contributed by atoms with van der Waals surface area (Å²) in [6.07, 6.45) is 2.19. The number of hydrogen-bond acceptors (Lipinski definition) is 4. The van der Waals surface area contributed by atoms with Crippen LogP contribution in [0.2, 0.25) is 0 Å². The molecule has 0 aromatic heterocycles. The van der Waals surface area contributed by atoms with E-state index in [4.69, 9.17) is 0 Å². The minimum Gasteiger partial charge on any atom is -0.299 e. The molecule has 1 fully saturated rings. The molecule has 1 aromatic carbocycles. The van der Waals surface area contributed by atoms with E-state index in [1.54, 1.807) is 12.1 Å². The van der Waals surface area contributed by atoms with Gasteiger partial charge < -0.3 is 0 Å². The zero-order chi connectivity index (χ0) is 13.9. The molecule has 0 radical (unpaired) electrons. The summed E-state index contributed by atoms with van der Waals surface area (Å²) < 4.78 is 24.7. The van der Waals surface area contributed by atoms with Crippen molar-refractivity contribution >= 4 is 37.4 Å². The number of nitrogens with one attached hydrogen (secondary N) is 1. The SMILES string of the molecule is O=C1CCC/C(=N\NS(=O)(=O)c2ccc(Br)cc2)C1. The Kier molecular flexibility index (Phi) is 4.36. The van der Waals surface area contributed by atoms with Gasteiger partial charge in [0.05, 0.1) is 4.90 Å². The molecule has 1 aliphatic carbocycles. The van der Waals surface area contributed by atoms with Gasteiger partial charge >= 0.3 is 0 Å². The van der Waals surface area contributed by atoms with Crippen molar-refractivity contribution in [1.29, 1.82) is 0 Å². The molecule has 5 nitrogen and oxygen atoms in total. The first kappa shape index (κ1) is 14.2. The molecular weight excluding hydrogens is 332 g/mol. The maximum atomic E-state index is 11.9. The van der Waals surface area contributed by atoms with Gasteiger partial charge in [0, 0.05) is 23.0 Å². The molecule has 0 spiro atoms. The summed E-state index contributed by atoms with van der Waals surface area (Å²) in [5.74, 6) is 0.104. The van der Waals surface area contributed by atoms with E-state index in [2.05, 4.69) is 25.9 Å². The van der Waals surface area contributed by atoms with Crippen LogP contribution < -0.4 is 4.83 Å². The molecule has 0 heterocycles. The Morgan fingerprint density at radius 2 is 1.84 bits per heavy atom. The fourth-order valence-corrected chi connectivity index (χ4v) is 2.89. The summed E-state index contributed by atoms with van der Waals surface area (Å²) in [7, 11) is -3.66. The molecule has 0 atom stereocenters. The maximum absolute atomic E-state index is 11.9. The Bertz CT molecular complexity index is 608. The van der Waals surface area contributed by atoms with Crippen molar-refractivity contribution in [2.45, 2.75) is 30.6 Å². The van der Waals surface area contributed by atoms with Gasteiger partial charge in [0.25, 0.3) is 10.0 Å². The molecule has 1 N–H and O–H groups in total. The van der Waals surface area contributed by atoms with Crippen molar-refractivity contribution in [3.05, 3.63) is 28.7 Å². The van der Waals surface area contributed by atoms with Gasteiger partial charge in [-0.15, -0.1) is 0 Å². The third-order valence-corrected chi connectivity index (χ3v) is 4.52. The number of benzene rings is 1. The molecule has 1 aliphatic rings. The predicted octanol–water partition coefficient (Wildman–Crippen LogP) is 2.23. The summed E-state index contributed by atoms with van der Waals surface area (Å²) >= 11 is 3.24. The summed E-state index contributed by atoms with van der Waals surface area (Å²) in [5, 5.41) is 3.85. The first-order chi connectivity index (χ1) is 8.97. The van der Waals surface area contributed by atoms with E-state index < -0.39 is 10.0 Å². The van der Waals surface area contributed by atoms with E-state index in [1.807, 2.05) is 0 Å². The molecule has 0 aliphatic heterocycles. The number of carbonyl (C=O) groups excluding carboxylic acids is 1. The number of ketones is 1. The van der Waals surface area contributed by atoms with Crippen LogP contribution in [0.15, 0.2) is 38.7 Å². The molecule has 19 heavy (non-hydrogen) atoms. The first-order valence-corrected chi connectivity index (χ1v) is 8.09. The number of halogens is 1. The normalized spacial score (nSPS) is 18.6. The van der Waals surface area contributed by atoms with Gasteiger partial charge in [0.15, 0.2) is 0 Å². The van der Waals surface area contributed by atoms with Crippen LogP contribution in [0, 0.1) is 0 Å². The first-order valence-electron chi connectivity index (χ1n) is 5.82. The fourth-order valence-electron chi connectivity index (χ4n) is 1.78. The predicted molar refractivity (Wildman–Crippen MR) is 75.4 cm³/mol. The van der Waals surface area contributed by atoms with Crippen molar-refractivity contribution < 1.29 is 13.2 Å². The van der Waals surface area contributed by atoms with Gasteiger partial charge in [0.2, 0.25) is 0 Å². The number of hydrogen-bond donors (Lipinski definition) is 1. The van der Waals surface area contributed by atoms with Crippen LogP contribution in [0.5, 0.6) is 0 Å². The van der Waals surface area contributed by atoms with Gasteiger partial charge in [-0.1, -0.05) is 15.9 Å². The maximum Gasteiger partial charge on any atom is 0.276 e. The van der Waals surface area contributed by atoms with Crippen LogP contribution in [0.4, 0.5) is 0 Å². The second-order valence-corrected chi connectivity index (χ2v) is 6.87. The van der Waals surface area contributed by atoms with E-state index in [0.717, 1.165) is 10.9 Å². The number of sulfonamides is 1. The fraction of sp³-hybridized carbons (Fsp3) is 0.333.